The second kappa shape index (κ2) is 13.3. The van der Waals surface area contributed by atoms with E-state index in [1.165, 1.54) is 5.56 Å². The number of aromatic nitrogens is 1. The number of nitrogens with two attached hydrogens (primary N) is 1. The SMILES string of the molecule is NNC(=NCc1ccccc1)NC(Cc1ccc(OCCCc2ccc3c(n2)NCCC3)cc1)C(=O)O. The number of anilines is 1. The van der Waals surface area contributed by atoms with Crippen LogP contribution in [0.2, 0.25) is 0 Å². The van der Waals surface area contributed by atoms with Gasteiger partial charge in [-0.15, -0.1) is 0 Å². The maximum atomic E-state index is 11.8. The third kappa shape index (κ3) is 7.94. The summed E-state index contributed by atoms with van der Waals surface area (Å²) in [7, 11) is 0. The Hall–Kier alpha value is -4.11. The molecular formula is C28H34N6O3. The number of rotatable bonds is 11. The normalized spacial score (nSPS) is 13.7. The third-order valence-corrected chi connectivity index (χ3v) is 6.17. The number of guanidine groups is 1. The summed E-state index contributed by atoms with van der Waals surface area (Å²) in [6.07, 6.45) is 4.21. The highest BCUT2D eigenvalue weighted by molar-refractivity contribution is 5.85. The Kier molecular flexibility index (Phi) is 9.31. The van der Waals surface area contributed by atoms with E-state index >= 15 is 0 Å². The molecule has 0 amide bonds. The van der Waals surface area contributed by atoms with Crippen LogP contribution in [0.15, 0.2) is 71.7 Å². The molecule has 6 N–H and O–H groups in total. The number of pyridine rings is 1. The highest BCUT2D eigenvalue weighted by Gasteiger charge is 2.19. The Labute approximate surface area is 217 Å². The number of hydrogen-bond donors (Lipinski definition) is 5. The van der Waals surface area contributed by atoms with Crippen molar-refractivity contribution in [2.24, 2.45) is 10.8 Å². The van der Waals surface area contributed by atoms with Gasteiger partial charge in [-0.2, -0.15) is 0 Å². The Bertz CT molecular complexity index is 1180. The van der Waals surface area contributed by atoms with Gasteiger partial charge in [-0.1, -0.05) is 48.5 Å². The molecule has 2 heterocycles. The number of aliphatic imine (C=N–C) groups is 1. The minimum Gasteiger partial charge on any atom is -0.494 e. The van der Waals surface area contributed by atoms with E-state index in [0.717, 1.165) is 60.6 Å². The number of fused-ring (bicyclic) bond motifs is 1. The van der Waals surface area contributed by atoms with Gasteiger partial charge in [0.2, 0.25) is 5.96 Å². The molecular weight excluding hydrogens is 468 g/mol. The van der Waals surface area contributed by atoms with Crippen molar-refractivity contribution < 1.29 is 14.6 Å². The first kappa shape index (κ1) is 26.0. The van der Waals surface area contributed by atoms with E-state index in [4.69, 9.17) is 15.6 Å². The van der Waals surface area contributed by atoms with Crippen LogP contribution < -0.4 is 26.6 Å². The first-order valence-corrected chi connectivity index (χ1v) is 12.6. The Morgan fingerprint density at radius 2 is 1.92 bits per heavy atom. The number of carboxylic acids is 1. The zero-order chi connectivity index (χ0) is 25.9. The highest BCUT2D eigenvalue weighted by atomic mass is 16.5. The summed E-state index contributed by atoms with van der Waals surface area (Å²) in [6.45, 7) is 1.94. The van der Waals surface area contributed by atoms with Crippen LogP contribution in [0.5, 0.6) is 5.75 Å². The molecule has 0 spiro atoms. The summed E-state index contributed by atoms with van der Waals surface area (Å²) in [6, 6.07) is 20.5. The van der Waals surface area contributed by atoms with Gasteiger partial charge < -0.3 is 20.5 Å². The number of carbonyl (C=O) groups is 1. The van der Waals surface area contributed by atoms with Crippen molar-refractivity contribution in [1.29, 1.82) is 0 Å². The Morgan fingerprint density at radius 1 is 1.11 bits per heavy atom. The number of hydrogen-bond acceptors (Lipinski definition) is 6. The standard InChI is InChI=1S/C28H34N6O3/c29-34-28(31-19-21-6-2-1-3-7-21)33-25(27(35)36)18-20-10-14-24(15-11-20)37-17-5-9-23-13-12-22-8-4-16-30-26(22)32-23/h1-3,6-7,10-15,25H,4-5,8-9,16-19,29H2,(H,30,32)(H,35,36)(H2,31,33,34). The smallest absolute Gasteiger partial charge is 0.326 e. The van der Waals surface area contributed by atoms with E-state index in [1.54, 1.807) is 0 Å². The van der Waals surface area contributed by atoms with E-state index in [-0.39, 0.29) is 12.4 Å². The molecule has 0 bridgehead atoms. The average molecular weight is 503 g/mol. The van der Waals surface area contributed by atoms with Crippen LogP contribution in [0.25, 0.3) is 0 Å². The molecule has 0 saturated carbocycles. The van der Waals surface area contributed by atoms with Gasteiger partial charge in [0.05, 0.1) is 13.2 Å². The fraction of sp³-hybridized carbons (Fsp3) is 0.321. The Morgan fingerprint density at radius 3 is 2.68 bits per heavy atom. The van der Waals surface area contributed by atoms with E-state index < -0.39 is 12.0 Å². The minimum absolute atomic E-state index is 0.223. The van der Waals surface area contributed by atoms with Crippen molar-refractivity contribution in [1.82, 2.24) is 15.7 Å². The van der Waals surface area contributed by atoms with E-state index in [9.17, 15) is 9.90 Å². The van der Waals surface area contributed by atoms with Gasteiger partial charge in [-0.3, -0.25) is 5.43 Å². The number of aliphatic carboxylic acids is 1. The number of benzene rings is 2. The largest absolute Gasteiger partial charge is 0.494 e. The van der Waals surface area contributed by atoms with Gasteiger partial charge in [0.25, 0.3) is 0 Å². The van der Waals surface area contributed by atoms with Crippen LogP contribution in [0.3, 0.4) is 0 Å². The molecule has 1 unspecified atom stereocenters. The summed E-state index contributed by atoms with van der Waals surface area (Å²) in [5.74, 6) is 6.56. The van der Waals surface area contributed by atoms with E-state index in [2.05, 4.69) is 33.2 Å². The molecule has 1 aliphatic heterocycles. The van der Waals surface area contributed by atoms with Crippen LogP contribution in [-0.2, 0) is 30.6 Å². The van der Waals surface area contributed by atoms with Crippen molar-refractivity contribution in [2.45, 2.75) is 44.7 Å². The lowest BCUT2D eigenvalue weighted by atomic mass is 10.1. The summed E-state index contributed by atoms with van der Waals surface area (Å²) in [5.41, 5.74) is 6.67. The molecule has 0 fully saturated rings. The molecule has 1 aliphatic rings. The monoisotopic (exact) mass is 502 g/mol. The van der Waals surface area contributed by atoms with Crippen molar-refractivity contribution in [3.8, 4) is 5.75 Å². The van der Waals surface area contributed by atoms with Crippen LogP contribution in [0.4, 0.5) is 5.82 Å². The molecule has 2 aromatic carbocycles. The number of nitrogens with one attached hydrogen (secondary N) is 3. The van der Waals surface area contributed by atoms with Gasteiger partial charge >= 0.3 is 5.97 Å². The average Bonchev–Trinajstić information content (AvgIpc) is 2.94. The topological polar surface area (TPSA) is 134 Å². The van der Waals surface area contributed by atoms with Gasteiger partial charge in [-0.25, -0.2) is 20.6 Å². The van der Waals surface area contributed by atoms with Crippen LogP contribution in [0, 0.1) is 0 Å². The zero-order valence-electron chi connectivity index (χ0n) is 20.8. The second-order valence-corrected chi connectivity index (χ2v) is 8.97. The maximum absolute atomic E-state index is 11.8. The lowest BCUT2D eigenvalue weighted by Crippen LogP contribution is -2.50. The lowest BCUT2D eigenvalue weighted by molar-refractivity contribution is -0.139. The molecule has 1 atom stereocenters. The molecule has 4 rings (SSSR count). The second-order valence-electron chi connectivity index (χ2n) is 8.97. The van der Waals surface area contributed by atoms with E-state index in [1.807, 2.05) is 54.6 Å². The third-order valence-electron chi connectivity index (χ3n) is 6.17. The van der Waals surface area contributed by atoms with Gasteiger partial charge in [-0.05, 0) is 60.6 Å². The molecule has 0 saturated heterocycles. The molecule has 0 radical (unpaired) electrons. The summed E-state index contributed by atoms with van der Waals surface area (Å²) >= 11 is 0. The number of hydrazine groups is 1. The summed E-state index contributed by atoms with van der Waals surface area (Å²) in [4.78, 5) is 20.9. The van der Waals surface area contributed by atoms with E-state index in [0.29, 0.717) is 13.2 Å². The molecule has 0 aliphatic carbocycles. The Balaban J connectivity index is 1.24. The fourth-order valence-electron chi connectivity index (χ4n) is 4.16. The van der Waals surface area contributed by atoms with Crippen molar-refractivity contribution in [3.05, 3.63) is 89.1 Å². The van der Waals surface area contributed by atoms with Crippen molar-refractivity contribution in [3.63, 3.8) is 0 Å². The summed E-state index contributed by atoms with van der Waals surface area (Å²) < 4.78 is 5.88. The minimum atomic E-state index is -0.992. The number of carboxylic acid groups (broad SMARTS) is 1. The first-order chi connectivity index (χ1) is 18.1. The molecule has 194 valence electrons. The number of nitrogens with zero attached hydrogens (tertiary/aromatic N) is 2. The van der Waals surface area contributed by atoms with Crippen LogP contribution in [-0.4, -0.2) is 41.2 Å². The summed E-state index contributed by atoms with van der Waals surface area (Å²) in [5, 5.41) is 16.0. The quantitative estimate of drug-likeness (QED) is 0.0888. The van der Waals surface area contributed by atoms with Crippen molar-refractivity contribution in [2.75, 3.05) is 18.5 Å². The number of ether oxygens (including phenoxy) is 1. The van der Waals surface area contributed by atoms with Crippen LogP contribution >= 0.6 is 0 Å². The maximum Gasteiger partial charge on any atom is 0.326 e. The molecule has 1 aromatic heterocycles. The first-order valence-electron chi connectivity index (χ1n) is 12.6. The van der Waals surface area contributed by atoms with Gasteiger partial charge in [0.15, 0.2) is 0 Å². The van der Waals surface area contributed by atoms with Gasteiger partial charge in [0, 0.05) is 18.7 Å². The lowest BCUT2D eigenvalue weighted by Gasteiger charge is -2.17. The molecule has 9 nitrogen and oxygen atoms in total. The van der Waals surface area contributed by atoms with Crippen molar-refractivity contribution >= 4 is 17.7 Å². The highest BCUT2D eigenvalue weighted by Crippen LogP contribution is 2.20. The predicted octanol–water partition coefficient (Wildman–Crippen LogP) is 3.06. The van der Waals surface area contributed by atoms with Crippen LogP contribution in [0.1, 0.15) is 35.2 Å². The molecule has 37 heavy (non-hydrogen) atoms. The molecule has 3 aromatic rings. The fourth-order valence-corrected chi connectivity index (χ4v) is 4.16. The number of aryl methyl sites for hydroxylation is 2. The zero-order valence-corrected chi connectivity index (χ0v) is 20.8. The van der Waals surface area contributed by atoms with Gasteiger partial charge in [0.1, 0.15) is 17.6 Å². The molecule has 9 heteroatoms. The predicted molar refractivity (Wildman–Crippen MR) is 144 cm³/mol.